The fourth-order valence-corrected chi connectivity index (χ4v) is 2.70. The molecule has 0 aromatic carbocycles. The van der Waals surface area contributed by atoms with Crippen molar-refractivity contribution in [1.82, 2.24) is 14.7 Å². The van der Waals surface area contributed by atoms with Crippen LogP contribution in [0.5, 0.6) is 0 Å². The van der Waals surface area contributed by atoms with Crippen LogP contribution in [0.3, 0.4) is 0 Å². The summed E-state index contributed by atoms with van der Waals surface area (Å²) < 4.78 is 7.25. The number of ether oxygens (including phenoxy) is 1. The maximum absolute atomic E-state index is 11.2. The summed E-state index contributed by atoms with van der Waals surface area (Å²) in [5, 5.41) is 4.55. The van der Waals surface area contributed by atoms with Crippen LogP contribution < -0.4 is 0 Å². The van der Waals surface area contributed by atoms with Gasteiger partial charge in [-0.15, -0.1) is 0 Å². The molecule has 1 saturated heterocycles. The van der Waals surface area contributed by atoms with E-state index in [1.54, 1.807) is 0 Å². The highest BCUT2D eigenvalue weighted by atomic mass is 16.5. The van der Waals surface area contributed by atoms with Gasteiger partial charge in [-0.1, -0.05) is 0 Å². The zero-order valence-corrected chi connectivity index (χ0v) is 10.1. The van der Waals surface area contributed by atoms with E-state index in [-0.39, 0.29) is 0 Å². The number of carbonyl (C=O) groups excluding carboxylic acids is 1. The first-order valence-corrected chi connectivity index (χ1v) is 6.11. The second kappa shape index (κ2) is 4.23. The minimum atomic E-state index is 0.372. The molecule has 17 heavy (non-hydrogen) atoms. The van der Waals surface area contributed by atoms with Crippen molar-refractivity contribution >= 4 is 6.29 Å². The van der Waals surface area contributed by atoms with Gasteiger partial charge in [0.1, 0.15) is 5.69 Å². The van der Waals surface area contributed by atoms with Gasteiger partial charge in [0.15, 0.2) is 6.29 Å². The second-order valence-electron chi connectivity index (χ2n) is 4.90. The van der Waals surface area contributed by atoms with Gasteiger partial charge >= 0.3 is 0 Å². The molecule has 2 aliphatic heterocycles. The van der Waals surface area contributed by atoms with E-state index in [4.69, 9.17) is 4.74 Å². The Hall–Kier alpha value is -1.20. The molecule has 5 heteroatoms. The molecule has 0 amide bonds. The quantitative estimate of drug-likeness (QED) is 0.717. The number of hydrogen-bond donors (Lipinski definition) is 0. The Morgan fingerprint density at radius 1 is 1.35 bits per heavy atom. The van der Waals surface area contributed by atoms with Crippen LogP contribution in [0, 0.1) is 0 Å². The standard InChI is InChI=1S/C12H17N3O2/c1-14-4-2-9(3-5-14)15-12(6-16)10-7-17-8-11(10)13-15/h6,9H,2-5,7-8H2,1H3. The van der Waals surface area contributed by atoms with Crippen molar-refractivity contribution in [3.05, 3.63) is 17.0 Å². The zero-order chi connectivity index (χ0) is 11.8. The summed E-state index contributed by atoms with van der Waals surface area (Å²) in [7, 11) is 2.13. The van der Waals surface area contributed by atoms with Crippen LogP contribution in [0.4, 0.5) is 0 Å². The van der Waals surface area contributed by atoms with Gasteiger partial charge in [-0.05, 0) is 33.0 Å². The third-order valence-corrected chi connectivity index (χ3v) is 3.76. The summed E-state index contributed by atoms with van der Waals surface area (Å²) in [6.45, 7) is 3.24. The number of hydrogen-bond acceptors (Lipinski definition) is 4. The molecule has 2 aliphatic rings. The fourth-order valence-electron chi connectivity index (χ4n) is 2.70. The van der Waals surface area contributed by atoms with E-state index in [1.807, 2.05) is 4.68 Å². The number of likely N-dealkylation sites (tertiary alicyclic amines) is 1. The lowest BCUT2D eigenvalue weighted by molar-refractivity contribution is 0.108. The first-order chi connectivity index (χ1) is 8.29. The molecule has 1 aromatic heterocycles. The van der Waals surface area contributed by atoms with E-state index in [9.17, 15) is 4.79 Å². The molecule has 1 fully saturated rings. The molecule has 0 unspecified atom stereocenters. The summed E-state index contributed by atoms with van der Waals surface area (Å²) in [4.78, 5) is 13.5. The number of piperidine rings is 1. The van der Waals surface area contributed by atoms with E-state index in [0.29, 0.717) is 19.3 Å². The molecule has 92 valence electrons. The second-order valence-corrected chi connectivity index (χ2v) is 4.90. The normalized spacial score (nSPS) is 21.7. The van der Waals surface area contributed by atoms with E-state index < -0.39 is 0 Å². The topological polar surface area (TPSA) is 47.4 Å². The van der Waals surface area contributed by atoms with E-state index >= 15 is 0 Å². The lowest BCUT2D eigenvalue weighted by atomic mass is 10.1. The van der Waals surface area contributed by atoms with Crippen molar-refractivity contribution < 1.29 is 9.53 Å². The van der Waals surface area contributed by atoms with E-state index in [2.05, 4.69) is 17.0 Å². The summed E-state index contributed by atoms with van der Waals surface area (Å²) in [6.07, 6.45) is 3.07. The molecule has 3 heterocycles. The van der Waals surface area contributed by atoms with Gasteiger partial charge in [-0.25, -0.2) is 0 Å². The van der Waals surface area contributed by atoms with Crippen LogP contribution in [0.25, 0.3) is 0 Å². The molecule has 0 saturated carbocycles. The smallest absolute Gasteiger partial charge is 0.168 e. The summed E-state index contributed by atoms with van der Waals surface area (Å²) >= 11 is 0. The Balaban J connectivity index is 1.90. The molecular weight excluding hydrogens is 218 g/mol. The third kappa shape index (κ3) is 1.79. The molecule has 0 N–H and O–H groups in total. The van der Waals surface area contributed by atoms with Gasteiger partial charge in [0.05, 0.1) is 24.9 Å². The number of aldehydes is 1. The third-order valence-electron chi connectivity index (χ3n) is 3.76. The van der Waals surface area contributed by atoms with Gasteiger partial charge < -0.3 is 9.64 Å². The number of aromatic nitrogens is 2. The molecule has 1 aromatic rings. The first-order valence-electron chi connectivity index (χ1n) is 6.11. The van der Waals surface area contributed by atoms with E-state index in [0.717, 1.165) is 49.2 Å². The lowest BCUT2D eigenvalue weighted by Crippen LogP contribution is -2.32. The Morgan fingerprint density at radius 2 is 2.12 bits per heavy atom. The van der Waals surface area contributed by atoms with Crippen LogP contribution in [0.2, 0.25) is 0 Å². The predicted octanol–water partition coefficient (Wildman–Crippen LogP) is 0.992. The van der Waals surface area contributed by atoms with Gasteiger partial charge in [0, 0.05) is 5.56 Å². The lowest BCUT2D eigenvalue weighted by Gasteiger charge is -2.29. The summed E-state index contributed by atoms with van der Waals surface area (Å²) in [6, 6.07) is 0.372. The Morgan fingerprint density at radius 3 is 2.82 bits per heavy atom. The Bertz CT molecular complexity index is 433. The SMILES string of the molecule is CN1CCC(n2nc3c(c2C=O)COC3)CC1. The monoisotopic (exact) mass is 235 g/mol. The molecule has 0 bridgehead atoms. The molecule has 0 aliphatic carbocycles. The highest BCUT2D eigenvalue weighted by Crippen LogP contribution is 2.28. The summed E-state index contributed by atoms with van der Waals surface area (Å²) in [5.41, 5.74) is 2.68. The van der Waals surface area contributed by atoms with Gasteiger partial charge in [0.25, 0.3) is 0 Å². The van der Waals surface area contributed by atoms with Crippen molar-refractivity contribution in [2.45, 2.75) is 32.1 Å². The number of nitrogens with zero attached hydrogens (tertiary/aromatic N) is 3. The van der Waals surface area contributed by atoms with Crippen molar-refractivity contribution in [2.75, 3.05) is 20.1 Å². The maximum Gasteiger partial charge on any atom is 0.168 e. The van der Waals surface area contributed by atoms with Crippen LogP contribution in [0.15, 0.2) is 0 Å². The van der Waals surface area contributed by atoms with Gasteiger partial charge in [-0.3, -0.25) is 9.48 Å². The zero-order valence-electron chi connectivity index (χ0n) is 10.1. The molecule has 3 rings (SSSR count). The van der Waals surface area contributed by atoms with Gasteiger partial charge in [-0.2, -0.15) is 5.10 Å². The number of rotatable bonds is 2. The summed E-state index contributed by atoms with van der Waals surface area (Å²) in [5.74, 6) is 0. The van der Waals surface area contributed by atoms with Gasteiger partial charge in [0.2, 0.25) is 0 Å². The fraction of sp³-hybridized carbons (Fsp3) is 0.667. The van der Waals surface area contributed by atoms with E-state index in [1.165, 1.54) is 0 Å². The molecule has 0 atom stereocenters. The highest BCUT2D eigenvalue weighted by molar-refractivity contribution is 5.75. The number of carbonyl (C=O) groups is 1. The van der Waals surface area contributed by atoms with Crippen LogP contribution in [-0.4, -0.2) is 41.1 Å². The molecule has 5 nitrogen and oxygen atoms in total. The maximum atomic E-state index is 11.2. The average Bonchev–Trinajstić information content (AvgIpc) is 2.89. The van der Waals surface area contributed by atoms with Crippen molar-refractivity contribution in [2.24, 2.45) is 0 Å². The first kappa shape index (κ1) is 10.9. The Kier molecular flexibility index (Phi) is 2.72. The van der Waals surface area contributed by atoms with Crippen molar-refractivity contribution in [3.8, 4) is 0 Å². The molecular formula is C12H17N3O2. The predicted molar refractivity (Wildman–Crippen MR) is 61.9 cm³/mol. The van der Waals surface area contributed by atoms with Crippen molar-refractivity contribution in [1.29, 1.82) is 0 Å². The molecule has 0 spiro atoms. The van der Waals surface area contributed by atoms with Crippen LogP contribution in [0.1, 0.15) is 40.6 Å². The minimum absolute atomic E-state index is 0.372. The average molecular weight is 235 g/mol. The van der Waals surface area contributed by atoms with Crippen molar-refractivity contribution in [3.63, 3.8) is 0 Å². The Labute approximate surface area is 100 Å². The molecule has 0 radical (unpaired) electrons. The minimum Gasteiger partial charge on any atom is -0.370 e. The largest absolute Gasteiger partial charge is 0.370 e. The number of fused-ring (bicyclic) bond motifs is 1. The van der Waals surface area contributed by atoms with Crippen LogP contribution in [-0.2, 0) is 18.0 Å². The van der Waals surface area contributed by atoms with Crippen LogP contribution >= 0.6 is 0 Å². The highest BCUT2D eigenvalue weighted by Gasteiger charge is 2.27.